The van der Waals surface area contributed by atoms with E-state index in [0.29, 0.717) is 67.3 Å². The van der Waals surface area contributed by atoms with Gasteiger partial charge in [-0.05, 0) is 66.9 Å². The van der Waals surface area contributed by atoms with E-state index in [-0.39, 0.29) is 41.4 Å². The number of aliphatic hydroxyl groups is 4. The highest BCUT2D eigenvalue weighted by atomic mass is 16.7. The predicted molar refractivity (Wildman–Crippen MR) is 217 cm³/mol. The smallest absolute Gasteiger partial charge is 0.336 e. The number of nitrogens with two attached hydrogens (primary N) is 1. The van der Waals surface area contributed by atoms with Crippen molar-refractivity contribution in [1.29, 1.82) is 0 Å². The third kappa shape index (κ3) is 7.83. The Labute approximate surface area is 348 Å². The second-order valence-corrected chi connectivity index (χ2v) is 15.8. The molecule has 1 saturated carbocycles. The van der Waals surface area contributed by atoms with Crippen LogP contribution < -0.4 is 36.0 Å². The standard InChI is InChI=1S/C43H48N4O14/c44-33-12-11-26(47-33)28(50)20-57-25-9-7-23(8-10-25)29-16-27(49)34-30(59-29)17-31(37(35(34)51)58-19-22-5-4-6-24(48)15-22)60-41-36(52)38(53)43(56,39(61-41)40(54)55)42(13-2-1-3-14-42)32-18-45-21-46-32/h4-12,15-17,28,32,36,38-39,41,45-48,50-53,56H,1-3,13-14,18-21,44H2,(H,54,55)/t28-,32+,36+,38-,39+,41+,43-/m0/s1. The van der Waals surface area contributed by atoms with Crippen LogP contribution >= 0.6 is 0 Å². The molecule has 0 unspecified atom stereocenters. The number of fused-ring (bicyclic) bond motifs is 1. The number of H-pyrrole nitrogens is 1. The molecule has 1 aliphatic carbocycles. The molecule has 2 aromatic heterocycles. The van der Waals surface area contributed by atoms with Gasteiger partial charge in [-0.25, -0.2) is 4.79 Å². The average molecular weight is 845 g/mol. The van der Waals surface area contributed by atoms with E-state index in [1.807, 2.05) is 0 Å². The molecule has 5 aromatic rings. The van der Waals surface area contributed by atoms with Gasteiger partial charge in [0.05, 0.1) is 0 Å². The third-order valence-electron chi connectivity index (χ3n) is 12.1. The van der Waals surface area contributed by atoms with Crippen molar-refractivity contribution in [2.45, 2.75) is 81.1 Å². The Morgan fingerprint density at radius 1 is 0.984 bits per heavy atom. The van der Waals surface area contributed by atoms with Crippen molar-refractivity contribution in [2.75, 3.05) is 25.6 Å². The number of anilines is 1. The first-order chi connectivity index (χ1) is 29.3. The van der Waals surface area contributed by atoms with Gasteiger partial charge in [0, 0.05) is 48.1 Å². The van der Waals surface area contributed by atoms with Gasteiger partial charge in [-0.1, -0.05) is 31.4 Å². The number of carboxylic acids is 1. The lowest BCUT2D eigenvalue weighted by Crippen LogP contribution is -2.77. The molecule has 61 heavy (non-hydrogen) atoms. The summed E-state index contributed by atoms with van der Waals surface area (Å²) in [6.07, 6.45) is -6.32. The van der Waals surface area contributed by atoms with Gasteiger partial charge >= 0.3 is 5.97 Å². The zero-order chi connectivity index (χ0) is 43.1. The van der Waals surface area contributed by atoms with Gasteiger partial charge in [0.25, 0.3) is 0 Å². The van der Waals surface area contributed by atoms with Crippen molar-refractivity contribution in [2.24, 2.45) is 5.41 Å². The van der Waals surface area contributed by atoms with Crippen LogP contribution in [0.5, 0.6) is 28.7 Å². The van der Waals surface area contributed by atoms with Crippen LogP contribution in [0.1, 0.15) is 49.5 Å². The number of aromatic hydroxyl groups is 2. The molecule has 12 N–H and O–H groups in total. The van der Waals surface area contributed by atoms with Crippen LogP contribution in [0.4, 0.5) is 5.82 Å². The first kappa shape index (κ1) is 41.9. The molecule has 7 atom stereocenters. The molecule has 0 spiro atoms. The van der Waals surface area contributed by atoms with E-state index < -0.39 is 70.7 Å². The molecule has 324 valence electrons. The number of rotatable bonds is 13. The summed E-state index contributed by atoms with van der Waals surface area (Å²) in [5, 5.41) is 85.0. The SMILES string of the molecule is Nc1ccc([C@@H](O)COc2ccc(-c3cc(=O)c4c(O)c(OCc5cccc(O)c5)c(O[C@@H]5O[C@H](C(=O)O)[C@](O)(C6([C@H]7CNCN7)CCCCC6)[C@@H](O)[C@H]5O)cc4o3)cc2)[nH]1. The van der Waals surface area contributed by atoms with Crippen LogP contribution in [0, 0.1) is 5.41 Å². The average Bonchev–Trinajstić information content (AvgIpc) is 3.96. The van der Waals surface area contributed by atoms with Gasteiger partial charge in [-0.3, -0.25) is 10.1 Å². The van der Waals surface area contributed by atoms with Crippen LogP contribution in [0.25, 0.3) is 22.3 Å². The molecule has 0 bridgehead atoms. The number of aromatic nitrogens is 1. The number of phenolic OH excluding ortho intramolecular Hbond substituents is 2. The quantitative estimate of drug-likeness (QED) is 0.0812. The highest BCUT2D eigenvalue weighted by Crippen LogP contribution is 2.54. The molecule has 18 heteroatoms. The Kier molecular flexibility index (Phi) is 11.6. The highest BCUT2D eigenvalue weighted by molar-refractivity contribution is 5.89. The Morgan fingerprint density at radius 3 is 2.43 bits per heavy atom. The van der Waals surface area contributed by atoms with E-state index >= 15 is 0 Å². The summed E-state index contributed by atoms with van der Waals surface area (Å²) in [6, 6.07) is 17.7. The monoisotopic (exact) mass is 844 g/mol. The summed E-state index contributed by atoms with van der Waals surface area (Å²) in [4.78, 5) is 29.6. The summed E-state index contributed by atoms with van der Waals surface area (Å²) >= 11 is 0. The number of aromatic amines is 1. The van der Waals surface area contributed by atoms with Crippen molar-refractivity contribution in [1.82, 2.24) is 15.6 Å². The number of ether oxygens (including phenoxy) is 4. The van der Waals surface area contributed by atoms with Gasteiger partial charge in [-0.2, -0.15) is 0 Å². The predicted octanol–water partition coefficient (Wildman–Crippen LogP) is 2.58. The Bertz CT molecular complexity index is 2430. The molecule has 8 rings (SSSR count). The van der Waals surface area contributed by atoms with E-state index in [9.17, 15) is 45.3 Å². The fraction of sp³-hybridized carbons (Fsp3) is 0.395. The lowest BCUT2D eigenvalue weighted by molar-refractivity contribution is -0.338. The van der Waals surface area contributed by atoms with Gasteiger partial charge in [0.15, 0.2) is 23.0 Å². The number of aliphatic carboxylic acids is 1. The molecule has 18 nitrogen and oxygen atoms in total. The first-order valence-electron chi connectivity index (χ1n) is 20.0. The number of nitrogen functional groups attached to an aromatic ring is 1. The maximum Gasteiger partial charge on any atom is 0.336 e. The minimum absolute atomic E-state index is 0.0629. The fourth-order valence-corrected chi connectivity index (χ4v) is 9.03. The van der Waals surface area contributed by atoms with Gasteiger partial charge in [0.1, 0.15) is 71.2 Å². The number of hydrogen-bond donors (Lipinski definition) is 11. The minimum Gasteiger partial charge on any atom is -0.508 e. The molecule has 3 aromatic carbocycles. The molecule has 4 heterocycles. The van der Waals surface area contributed by atoms with Crippen LogP contribution in [-0.4, -0.2) is 103 Å². The van der Waals surface area contributed by atoms with E-state index in [2.05, 4.69) is 15.6 Å². The second kappa shape index (κ2) is 16.9. The van der Waals surface area contributed by atoms with Crippen LogP contribution in [0.3, 0.4) is 0 Å². The lowest BCUT2D eigenvalue weighted by Gasteiger charge is -2.59. The Hall–Kier alpha value is -5.86. The third-order valence-corrected chi connectivity index (χ3v) is 12.1. The molecule has 0 radical (unpaired) electrons. The van der Waals surface area contributed by atoms with E-state index in [1.54, 1.807) is 48.5 Å². The van der Waals surface area contributed by atoms with Gasteiger partial charge in [-0.15, -0.1) is 0 Å². The summed E-state index contributed by atoms with van der Waals surface area (Å²) in [5.41, 5.74) is 2.48. The van der Waals surface area contributed by atoms with Crippen molar-refractivity contribution in [3.05, 3.63) is 94.3 Å². The first-order valence-corrected chi connectivity index (χ1v) is 20.0. The van der Waals surface area contributed by atoms with Crippen molar-refractivity contribution >= 4 is 22.8 Å². The summed E-state index contributed by atoms with van der Waals surface area (Å²) in [7, 11) is 0. The number of nitrogens with one attached hydrogen (secondary N) is 3. The molecule has 2 aliphatic heterocycles. The highest BCUT2D eigenvalue weighted by Gasteiger charge is 2.69. The number of carboxylic acid groups (broad SMARTS) is 1. The fourth-order valence-electron chi connectivity index (χ4n) is 9.03. The molecular formula is C43H48N4O14. The zero-order valence-corrected chi connectivity index (χ0v) is 32.8. The van der Waals surface area contributed by atoms with Crippen LogP contribution in [-0.2, 0) is 16.1 Å². The van der Waals surface area contributed by atoms with E-state index in [1.165, 1.54) is 18.2 Å². The maximum absolute atomic E-state index is 13.7. The van der Waals surface area contributed by atoms with Crippen LogP contribution in [0.15, 0.2) is 82.0 Å². The lowest BCUT2D eigenvalue weighted by atomic mass is 9.54. The number of benzene rings is 3. The normalized spacial score (nSPS) is 25.5. The van der Waals surface area contributed by atoms with Gasteiger partial charge < -0.3 is 75.1 Å². The number of phenols is 2. The second-order valence-electron chi connectivity index (χ2n) is 15.8. The molecule has 3 aliphatic rings. The van der Waals surface area contributed by atoms with E-state index in [4.69, 9.17) is 29.1 Å². The minimum atomic E-state index is -2.48. The van der Waals surface area contributed by atoms with Gasteiger partial charge in [0.2, 0.25) is 12.0 Å². The van der Waals surface area contributed by atoms with Crippen molar-refractivity contribution < 1.29 is 63.9 Å². The summed E-state index contributed by atoms with van der Waals surface area (Å²) < 4.78 is 29.9. The van der Waals surface area contributed by atoms with E-state index in [0.717, 1.165) is 12.5 Å². The number of aliphatic hydroxyl groups excluding tert-OH is 3. The Morgan fingerprint density at radius 2 is 1.75 bits per heavy atom. The molecule has 3 fully saturated rings. The van der Waals surface area contributed by atoms with Crippen LogP contribution in [0.2, 0.25) is 0 Å². The molecule has 2 saturated heterocycles. The van der Waals surface area contributed by atoms with Crippen molar-refractivity contribution in [3.63, 3.8) is 0 Å². The Balaban J connectivity index is 1.13. The molecule has 0 amide bonds. The topological polar surface area (TPSA) is 292 Å². The summed E-state index contributed by atoms with van der Waals surface area (Å²) in [5.74, 6) is -2.33. The molecular weight excluding hydrogens is 796 g/mol. The van der Waals surface area contributed by atoms with Crippen molar-refractivity contribution in [3.8, 4) is 40.1 Å². The zero-order valence-electron chi connectivity index (χ0n) is 32.8. The summed E-state index contributed by atoms with van der Waals surface area (Å²) in [6.45, 7) is 0.433. The largest absolute Gasteiger partial charge is 0.508 e. The maximum atomic E-state index is 13.7. The number of carbonyl (C=O) groups is 1. The number of hydrogen-bond acceptors (Lipinski definition) is 16.